The summed E-state index contributed by atoms with van der Waals surface area (Å²) in [5, 5.41) is 0. The van der Waals surface area contributed by atoms with Crippen LogP contribution in [-0.2, 0) is 9.59 Å². The molecule has 0 bridgehead atoms. The number of primary amides is 2. The molecular formula is C6H8Cl4N2O2. The van der Waals surface area contributed by atoms with E-state index in [0.29, 0.717) is 0 Å². The van der Waals surface area contributed by atoms with Gasteiger partial charge < -0.3 is 11.5 Å². The molecule has 0 aromatic carbocycles. The zero-order valence-corrected chi connectivity index (χ0v) is 9.92. The molecule has 8 heteroatoms. The summed E-state index contributed by atoms with van der Waals surface area (Å²) in [5.41, 5.74) is 9.74. The Kier molecular flexibility index (Phi) is 4.78. The summed E-state index contributed by atoms with van der Waals surface area (Å²) >= 11 is 22.0. The molecule has 0 saturated carbocycles. The molecule has 4 nitrogen and oxygen atoms in total. The van der Waals surface area contributed by atoms with Crippen molar-refractivity contribution in [2.24, 2.45) is 11.5 Å². The minimum Gasteiger partial charge on any atom is -0.367 e. The minimum absolute atomic E-state index is 0.165. The van der Waals surface area contributed by atoms with Gasteiger partial charge in [0.1, 0.15) is 0 Å². The predicted molar refractivity (Wildman–Crippen MR) is 56.5 cm³/mol. The highest BCUT2D eigenvalue weighted by molar-refractivity contribution is 6.59. The van der Waals surface area contributed by atoms with Gasteiger partial charge in [0.05, 0.1) is 0 Å². The zero-order valence-electron chi connectivity index (χ0n) is 6.90. The Balaban J connectivity index is 4.32. The smallest absolute Gasteiger partial charge is 0.253 e. The van der Waals surface area contributed by atoms with Gasteiger partial charge >= 0.3 is 0 Å². The first-order valence-electron chi connectivity index (χ1n) is 3.45. The first-order valence-corrected chi connectivity index (χ1v) is 4.96. The third kappa shape index (κ3) is 4.09. The molecule has 2 amide bonds. The Labute approximate surface area is 101 Å². The lowest BCUT2D eigenvalue weighted by atomic mass is 10.1. The van der Waals surface area contributed by atoms with Crippen molar-refractivity contribution in [2.45, 2.75) is 21.5 Å². The monoisotopic (exact) mass is 280 g/mol. The lowest BCUT2D eigenvalue weighted by Crippen LogP contribution is -2.38. The van der Waals surface area contributed by atoms with Gasteiger partial charge in [0.15, 0.2) is 8.67 Å². The van der Waals surface area contributed by atoms with Crippen molar-refractivity contribution in [1.82, 2.24) is 0 Å². The molecule has 0 unspecified atom stereocenters. The van der Waals surface area contributed by atoms with Crippen LogP contribution >= 0.6 is 46.4 Å². The van der Waals surface area contributed by atoms with Crippen molar-refractivity contribution >= 4 is 58.2 Å². The third-order valence-electron chi connectivity index (χ3n) is 1.47. The lowest BCUT2D eigenvalue weighted by molar-refractivity contribution is -0.120. The van der Waals surface area contributed by atoms with E-state index in [1.54, 1.807) is 0 Å². The fourth-order valence-electron chi connectivity index (χ4n) is 0.560. The van der Waals surface area contributed by atoms with Crippen molar-refractivity contribution < 1.29 is 9.59 Å². The highest BCUT2D eigenvalue weighted by Gasteiger charge is 2.38. The number of rotatable bonds is 5. The normalized spacial score (nSPS) is 12.6. The molecule has 0 aromatic heterocycles. The molecule has 0 heterocycles. The van der Waals surface area contributed by atoms with Gasteiger partial charge in [-0.2, -0.15) is 0 Å². The molecule has 0 aliphatic carbocycles. The molecular weight excluding hydrogens is 274 g/mol. The number of hydrogen-bond donors (Lipinski definition) is 2. The van der Waals surface area contributed by atoms with Crippen LogP contribution in [0, 0.1) is 0 Å². The highest BCUT2D eigenvalue weighted by atomic mass is 35.5. The van der Waals surface area contributed by atoms with E-state index >= 15 is 0 Å². The van der Waals surface area contributed by atoms with Crippen molar-refractivity contribution in [2.75, 3.05) is 0 Å². The Morgan fingerprint density at radius 1 is 0.857 bits per heavy atom. The van der Waals surface area contributed by atoms with Crippen molar-refractivity contribution in [1.29, 1.82) is 0 Å². The summed E-state index contributed by atoms with van der Waals surface area (Å²) in [6.07, 6.45) is -0.331. The van der Waals surface area contributed by atoms with E-state index < -0.39 is 20.5 Å². The van der Waals surface area contributed by atoms with Gasteiger partial charge in [-0.25, -0.2) is 0 Å². The molecule has 0 atom stereocenters. The summed E-state index contributed by atoms with van der Waals surface area (Å²) in [6, 6.07) is 0. The Bertz CT molecular complexity index is 228. The second-order valence-electron chi connectivity index (χ2n) is 2.64. The van der Waals surface area contributed by atoms with Gasteiger partial charge in [-0.05, 0) is 12.8 Å². The van der Waals surface area contributed by atoms with E-state index in [-0.39, 0.29) is 12.8 Å². The molecule has 0 fully saturated rings. The first-order chi connectivity index (χ1) is 6.09. The van der Waals surface area contributed by atoms with Gasteiger partial charge in [0.25, 0.3) is 11.8 Å². The molecule has 0 spiro atoms. The quantitative estimate of drug-likeness (QED) is 0.739. The second kappa shape index (κ2) is 4.75. The van der Waals surface area contributed by atoms with E-state index in [1.807, 2.05) is 0 Å². The van der Waals surface area contributed by atoms with E-state index in [4.69, 9.17) is 57.9 Å². The SMILES string of the molecule is NC(=O)C(Cl)(Cl)CCC(Cl)(Cl)C(N)=O. The van der Waals surface area contributed by atoms with Gasteiger partial charge in [-0.1, -0.05) is 46.4 Å². The predicted octanol–water partition coefficient (Wildman–Crippen LogP) is 1.08. The van der Waals surface area contributed by atoms with Gasteiger partial charge in [-0.15, -0.1) is 0 Å². The number of halogens is 4. The lowest BCUT2D eigenvalue weighted by Gasteiger charge is -2.20. The molecule has 0 saturated heterocycles. The number of alkyl halides is 4. The molecule has 4 N–H and O–H groups in total. The van der Waals surface area contributed by atoms with E-state index in [9.17, 15) is 9.59 Å². The summed E-state index contributed by atoms with van der Waals surface area (Å²) in [4.78, 5) is 21.3. The number of hydrogen-bond acceptors (Lipinski definition) is 2. The number of amides is 2. The topological polar surface area (TPSA) is 86.2 Å². The summed E-state index contributed by atoms with van der Waals surface area (Å²) < 4.78 is -3.60. The minimum atomic E-state index is -1.80. The van der Waals surface area contributed by atoms with E-state index in [2.05, 4.69) is 0 Å². The molecule has 82 valence electrons. The first kappa shape index (κ1) is 14.1. The van der Waals surface area contributed by atoms with Crippen LogP contribution in [0.1, 0.15) is 12.8 Å². The molecule has 0 aromatic rings. The van der Waals surface area contributed by atoms with Crippen LogP contribution in [-0.4, -0.2) is 20.5 Å². The number of carbonyl (C=O) groups is 2. The second-order valence-corrected chi connectivity index (χ2v) is 5.61. The van der Waals surface area contributed by atoms with Crippen molar-refractivity contribution in [3.63, 3.8) is 0 Å². The maximum absolute atomic E-state index is 10.7. The average Bonchev–Trinajstić information content (AvgIpc) is 2.01. The fraction of sp³-hybridized carbons (Fsp3) is 0.667. The summed E-state index contributed by atoms with van der Waals surface area (Å²) in [5.74, 6) is -1.87. The highest BCUT2D eigenvalue weighted by Crippen LogP contribution is 2.34. The van der Waals surface area contributed by atoms with Crippen LogP contribution in [0.2, 0.25) is 0 Å². The van der Waals surface area contributed by atoms with Gasteiger partial charge in [0.2, 0.25) is 0 Å². The largest absolute Gasteiger partial charge is 0.367 e. The molecule has 0 aliphatic heterocycles. The van der Waals surface area contributed by atoms with Gasteiger partial charge in [-0.3, -0.25) is 9.59 Å². The van der Waals surface area contributed by atoms with Crippen LogP contribution in [0.3, 0.4) is 0 Å². The zero-order chi connectivity index (χ0) is 11.6. The molecule has 0 rings (SSSR count). The van der Waals surface area contributed by atoms with E-state index in [1.165, 1.54) is 0 Å². The number of nitrogens with two attached hydrogens (primary N) is 2. The van der Waals surface area contributed by atoms with Crippen LogP contribution < -0.4 is 11.5 Å². The van der Waals surface area contributed by atoms with Gasteiger partial charge in [0, 0.05) is 0 Å². The molecule has 0 radical (unpaired) electrons. The fourth-order valence-corrected chi connectivity index (χ4v) is 0.938. The van der Waals surface area contributed by atoms with Crippen LogP contribution in [0.4, 0.5) is 0 Å². The van der Waals surface area contributed by atoms with Crippen molar-refractivity contribution in [3.05, 3.63) is 0 Å². The molecule has 14 heavy (non-hydrogen) atoms. The maximum Gasteiger partial charge on any atom is 0.253 e. The maximum atomic E-state index is 10.7. The summed E-state index contributed by atoms with van der Waals surface area (Å²) in [7, 11) is 0. The van der Waals surface area contributed by atoms with Crippen molar-refractivity contribution in [3.8, 4) is 0 Å². The third-order valence-corrected chi connectivity index (χ3v) is 2.97. The molecule has 0 aliphatic rings. The Morgan fingerprint density at radius 2 is 1.07 bits per heavy atom. The van der Waals surface area contributed by atoms with Crippen LogP contribution in [0.15, 0.2) is 0 Å². The Hall–Kier alpha value is 0.1000. The standard InChI is InChI=1S/C6H8Cl4N2O2/c7-5(8,3(11)13)1-2-6(9,10)4(12)14/h1-2H2,(H2,11,13)(H2,12,14). The van der Waals surface area contributed by atoms with Crippen LogP contribution in [0.5, 0.6) is 0 Å². The average molecular weight is 282 g/mol. The van der Waals surface area contributed by atoms with E-state index in [0.717, 1.165) is 0 Å². The van der Waals surface area contributed by atoms with Crippen LogP contribution in [0.25, 0.3) is 0 Å². The summed E-state index contributed by atoms with van der Waals surface area (Å²) in [6.45, 7) is 0. The Morgan fingerprint density at radius 3 is 1.21 bits per heavy atom. The number of carbonyl (C=O) groups excluding carboxylic acids is 2.